The second kappa shape index (κ2) is 5.72. The van der Waals surface area contributed by atoms with Gasteiger partial charge in [-0.2, -0.15) is 0 Å². The summed E-state index contributed by atoms with van der Waals surface area (Å²) >= 11 is 13.8. The van der Waals surface area contributed by atoms with Crippen molar-refractivity contribution in [1.29, 1.82) is 0 Å². The Morgan fingerprint density at radius 2 is 2.10 bits per heavy atom. The first-order valence-electron chi connectivity index (χ1n) is 6.31. The smallest absolute Gasteiger partial charge is 0.227 e. The van der Waals surface area contributed by atoms with Crippen LogP contribution in [-0.2, 0) is 17.6 Å². The van der Waals surface area contributed by atoms with E-state index in [-0.39, 0.29) is 11.8 Å². The predicted octanol–water partition coefficient (Wildman–Crippen LogP) is 4.19. The minimum absolute atomic E-state index is 0.0287. The number of anilines is 1. The van der Waals surface area contributed by atoms with Crippen LogP contribution in [0.3, 0.4) is 0 Å². The number of aryl methyl sites for hydroxylation is 1. The fourth-order valence-electron chi connectivity index (χ4n) is 2.37. The minimum atomic E-state index is -0.0460. The largest absolute Gasteiger partial charge is 0.323 e. The number of nitrogens with one attached hydrogen (secondary N) is 1. The highest BCUT2D eigenvalue weighted by Crippen LogP contribution is 2.32. The van der Waals surface area contributed by atoms with E-state index in [2.05, 4.69) is 10.3 Å². The Balaban J connectivity index is 1.75. The fourth-order valence-corrected chi connectivity index (χ4v) is 3.75. The third-order valence-corrected chi connectivity index (χ3v) is 5.00. The van der Waals surface area contributed by atoms with Gasteiger partial charge in [-0.1, -0.05) is 29.3 Å². The molecular weight excluding hydrogens is 315 g/mol. The van der Waals surface area contributed by atoms with Crippen molar-refractivity contribution < 1.29 is 4.79 Å². The molecule has 3 rings (SSSR count). The maximum absolute atomic E-state index is 12.4. The minimum Gasteiger partial charge on any atom is -0.323 e. The molecule has 1 unspecified atom stereocenters. The van der Waals surface area contributed by atoms with Crippen LogP contribution in [0, 0.1) is 5.92 Å². The molecule has 1 aromatic heterocycles. The highest BCUT2D eigenvalue weighted by Gasteiger charge is 2.27. The maximum atomic E-state index is 12.4. The molecule has 1 N–H and O–H groups in total. The van der Waals surface area contributed by atoms with E-state index >= 15 is 0 Å². The summed E-state index contributed by atoms with van der Waals surface area (Å²) in [6.45, 7) is 0. The highest BCUT2D eigenvalue weighted by molar-refractivity contribution is 7.09. The molecule has 0 spiro atoms. The van der Waals surface area contributed by atoms with Crippen molar-refractivity contribution in [1.82, 2.24) is 4.98 Å². The van der Waals surface area contributed by atoms with Crippen LogP contribution in [0.2, 0.25) is 10.0 Å². The SMILES string of the molecule is O=C(Nc1c(Cl)cccc1Cl)C1CCc2ncsc2C1. The van der Waals surface area contributed by atoms with E-state index in [1.165, 1.54) is 4.88 Å². The number of carbonyl (C=O) groups is 1. The average molecular weight is 327 g/mol. The monoisotopic (exact) mass is 326 g/mol. The van der Waals surface area contributed by atoms with Crippen molar-refractivity contribution in [2.75, 3.05) is 5.32 Å². The molecule has 0 saturated heterocycles. The lowest BCUT2D eigenvalue weighted by atomic mass is 9.90. The maximum Gasteiger partial charge on any atom is 0.227 e. The van der Waals surface area contributed by atoms with E-state index in [1.807, 2.05) is 5.51 Å². The molecule has 1 aromatic carbocycles. The zero-order valence-corrected chi connectivity index (χ0v) is 12.9. The molecule has 0 bridgehead atoms. The zero-order chi connectivity index (χ0) is 14.1. The number of nitrogens with zero attached hydrogens (tertiary/aromatic N) is 1. The molecule has 1 atom stereocenters. The molecular formula is C14H12Cl2N2OS. The Morgan fingerprint density at radius 3 is 2.85 bits per heavy atom. The van der Waals surface area contributed by atoms with E-state index in [1.54, 1.807) is 29.5 Å². The molecule has 6 heteroatoms. The Labute approximate surface area is 130 Å². The van der Waals surface area contributed by atoms with Crippen molar-refractivity contribution in [2.24, 2.45) is 5.92 Å². The number of aromatic nitrogens is 1. The topological polar surface area (TPSA) is 42.0 Å². The van der Waals surface area contributed by atoms with E-state index in [0.29, 0.717) is 15.7 Å². The summed E-state index contributed by atoms with van der Waals surface area (Å²) in [5.41, 5.74) is 3.47. The Kier molecular flexibility index (Phi) is 3.96. The number of fused-ring (bicyclic) bond motifs is 1. The molecule has 1 aliphatic rings. The number of amides is 1. The third-order valence-electron chi connectivity index (χ3n) is 3.47. The summed E-state index contributed by atoms with van der Waals surface area (Å²) in [4.78, 5) is 17.9. The lowest BCUT2D eigenvalue weighted by Gasteiger charge is -2.21. The normalized spacial score (nSPS) is 17.6. The molecule has 0 fully saturated rings. The van der Waals surface area contributed by atoms with Crippen molar-refractivity contribution in [3.8, 4) is 0 Å². The van der Waals surface area contributed by atoms with Gasteiger partial charge >= 0.3 is 0 Å². The number of rotatable bonds is 2. The number of benzene rings is 1. The van der Waals surface area contributed by atoms with Crippen LogP contribution in [0.25, 0.3) is 0 Å². The van der Waals surface area contributed by atoms with Gasteiger partial charge in [0.25, 0.3) is 0 Å². The van der Waals surface area contributed by atoms with Gasteiger partial charge in [0.05, 0.1) is 26.9 Å². The van der Waals surface area contributed by atoms with Gasteiger partial charge in [0, 0.05) is 10.8 Å². The van der Waals surface area contributed by atoms with E-state index in [0.717, 1.165) is 25.0 Å². The molecule has 0 saturated carbocycles. The predicted molar refractivity (Wildman–Crippen MR) is 82.7 cm³/mol. The first-order chi connectivity index (χ1) is 9.65. The van der Waals surface area contributed by atoms with Crippen LogP contribution < -0.4 is 5.32 Å². The number of carbonyl (C=O) groups excluding carboxylic acids is 1. The summed E-state index contributed by atoms with van der Waals surface area (Å²) < 4.78 is 0. The van der Waals surface area contributed by atoms with Gasteiger partial charge < -0.3 is 5.32 Å². The van der Waals surface area contributed by atoms with Crippen molar-refractivity contribution >= 4 is 46.1 Å². The van der Waals surface area contributed by atoms with Crippen LogP contribution in [0.1, 0.15) is 17.0 Å². The van der Waals surface area contributed by atoms with E-state index < -0.39 is 0 Å². The Morgan fingerprint density at radius 1 is 1.35 bits per heavy atom. The van der Waals surface area contributed by atoms with Gasteiger partial charge in [-0.15, -0.1) is 11.3 Å². The van der Waals surface area contributed by atoms with Crippen LogP contribution in [0.5, 0.6) is 0 Å². The van der Waals surface area contributed by atoms with Crippen molar-refractivity contribution in [2.45, 2.75) is 19.3 Å². The fraction of sp³-hybridized carbons (Fsp3) is 0.286. The molecule has 104 valence electrons. The van der Waals surface area contributed by atoms with Crippen LogP contribution >= 0.6 is 34.5 Å². The summed E-state index contributed by atoms with van der Waals surface area (Å²) in [5, 5.41) is 3.77. The molecule has 1 aliphatic carbocycles. The molecule has 0 radical (unpaired) electrons. The van der Waals surface area contributed by atoms with E-state index in [9.17, 15) is 4.79 Å². The van der Waals surface area contributed by atoms with Gasteiger partial charge in [-0.25, -0.2) is 4.98 Å². The van der Waals surface area contributed by atoms with Gasteiger partial charge in [0.2, 0.25) is 5.91 Å². The summed E-state index contributed by atoms with van der Waals surface area (Å²) in [7, 11) is 0. The molecule has 2 aromatic rings. The number of para-hydroxylation sites is 1. The number of halogens is 2. The van der Waals surface area contributed by atoms with Crippen LogP contribution in [0.15, 0.2) is 23.7 Å². The van der Waals surface area contributed by atoms with E-state index in [4.69, 9.17) is 23.2 Å². The third kappa shape index (κ3) is 2.68. The van der Waals surface area contributed by atoms with Crippen LogP contribution in [-0.4, -0.2) is 10.9 Å². The molecule has 1 amide bonds. The molecule has 1 heterocycles. The lowest BCUT2D eigenvalue weighted by molar-refractivity contribution is -0.120. The average Bonchev–Trinajstić information content (AvgIpc) is 2.90. The summed E-state index contributed by atoms with van der Waals surface area (Å²) in [6.07, 6.45) is 2.41. The molecule has 20 heavy (non-hydrogen) atoms. The lowest BCUT2D eigenvalue weighted by Crippen LogP contribution is -2.28. The van der Waals surface area contributed by atoms with Crippen molar-refractivity contribution in [3.05, 3.63) is 44.3 Å². The van der Waals surface area contributed by atoms with Gasteiger partial charge in [-0.3, -0.25) is 4.79 Å². The Hall–Kier alpha value is -1.10. The molecule has 0 aliphatic heterocycles. The quantitative estimate of drug-likeness (QED) is 0.898. The van der Waals surface area contributed by atoms with Gasteiger partial charge in [-0.05, 0) is 31.4 Å². The number of hydrogen-bond acceptors (Lipinski definition) is 3. The standard InChI is InChI=1S/C14H12Cl2N2OS/c15-9-2-1-3-10(16)13(9)18-14(19)8-4-5-11-12(6-8)20-7-17-11/h1-3,7-8H,4-6H2,(H,18,19). The van der Waals surface area contributed by atoms with Crippen molar-refractivity contribution in [3.63, 3.8) is 0 Å². The van der Waals surface area contributed by atoms with Crippen LogP contribution in [0.4, 0.5) is 5.69 Å². The summed E-state index contributed by atoms with van der Waals surface area (Å²) in [5.74, 6) is -0.0747. The number of hydrogen-bond donors (Lipinski definition) is 1. The second-order valence-electron chi connectivity index (χ2n) is 4.75. The Bertz CT molecular complexity index is 636. The first kappa shape index (κ1) is 13.9. The highest BCUT2D eigenvalue weighted by atomic mass is 35.5. The number of thiazole rings is 1. The summed E-state index contributed by atoms with van der Waals surface area (Å²) in [6, 6.07) is 5.18. The molecule has 3 nitrogen and oxygen atoms in total. The zero-order valence-electron chi connectivity index (χ0n) is 10.5. The second-order valence-corrected chi connectivity index (χ2v) is 6.50. The first-order valence-corrected chi connectivity index (χ1v) is 7.95. The van der Waals surface area contributed by atoms with Gasteiger partial charge in [0.1, 0.15) is 0 Å². The van der Waals surface area contributed by atoms with Gasteiger partial charge in [0.15, 0.2) is 0 Å².